The molecule has 0 atom stereocenters. The molecule has 3 aromatic rings. The molecule has 1 amide bonds. The van der Waals surface area contributed by atoms with Crippen LogP contribution in [0.4, 0.5) is 5.00 Å². The summed E-state index contributed by atoms with van der Waals surface area (Å²) < 4.78 is 14.4. The van der Waals surface area contributed by atoms with Gasteiger partial charge in [0, 0.05) is 5.38 Å². The third-order valence-electron chi connectivity index (χ3n) is 3.41. The fourth-order valence-electron chi connectivity index (χ4n) is 2.18. The van der Waals surface area contributed by atoms with E-state index in [0.29, 0.717) is 22.1 Å². The van der Waals surface area contributed by atoms with Gasteiger partial charge in [0.15, 0.2) is 11.5 Å². The molecule has 1 aromatic carbocycles. The van der Waals surface area contributed by atoms with Gasteiger partial charge in [0.2, 0.25) is 0 Å². The molecule has 0 unspecified atom stereocenters. The zero-order valence-corrected chi connectivity index (χ0v) is 15.0. The highest BCUT2D eigenvalue weighted by molar-refractivity contribution is 7.15. The summed E-state index contributed by atoms with van der Waals surface area (Å²) in [5.74, 6) is 1.15. The molecule has 24 heavy (non-hydrogen) atoms. The van der Waals surface area contributed by atoms with Gasteiger partial charge >= 0.3 is 0 Å². The Morgan fingerprint density at radius 1 is 1.12 bits per heavy atom. The molecular formula is C16H15N3O3S2. The van der Waals surface area contributed by atoms with E-state index in [1.54, 1.807) is 21.1 Å². The van der Waals surface area contributed by atoms with Crippen molar-refractivity contribution in [1.82, 2.24) is 9.59 Å². The van der Waals surface area contributed by atoms with Gasteiger partial charge in [-0.25, -0.2) is 0 Å². The van der Waals surface area contributed by atoms with Crippen LogP contribution in [0.25, 0.3) is 11.1 Å². The van der Waals surface area contributed by atoms with Gasteiger partial charge in [-0.15, -0.1) is 16.4 Å². The molecule has 2 heterocycles. The van der Waals surface area contributed by atoms with E-state index in [9.17, 15) is 4.79 Å². The number of hydrogen-bond donors (Lipinski definition) is 1. The Kier molecular flexibility index (Phi) is 4.77. The van der Waals surface area contributed by atoms with Gasteiger partial charge in [-0.2, -0.15) is 0 Å². The number of nitrogens with one attached hydrogen (secondary N) is 1. The number of carbonyl (C=O) groups is 1. The molecule has 0 bridgehead atoms. The molecule has 0 fully saturated rings. The van der Waals surface area contributed by atoms with E-state index in [-0.39, 0.29) is 5.91 Å². The zero-order valence-electron chi connectivity index (χ0n) is 13.3. The lowest BCUT2D eigenvalue weighted by molar-refractivity contribution is 0.103. The van der Waals surface area contributed by atoms with E-state index in [4.69, 9.17) is 9.47 Å². The second-order valence-electron chi connectivity index (χ2n) is 4.91. The van der Waals surface area contributed by atoms with Crippen molar-refractivity contribution in [3.63, 3.8) is 0 Å². The first-order chi connectivity index (χ1) is 11.6. The number of methoxy groups -OCH3 is 2. The number of aryl methyl sites for hydroxylation is 1. The Morgan fingerprint density at radius 3 is 2.58 bits per heavy atom. The summed E-state index contributed by atoms with van der Waals surface area (Å²) in [6.45, 7) is 1.77. The monoisotopic (exact) mass is 361 g/mol. The largest absolute Gasteiger partial charge is 0.493 e. The first-order valence-electron chi connectivity index (χ1n) is 7.03. The number of hydrogen-bond acceptors (Lipinski definition) is 7. The van der Waals surface area contributed by atoms with E-state index in [2.05, 4.69) is 14.9 Å². The van der Waals surface area contributed by atoms with Crippen LogP contribution in [-0.4, -0.2) is 29.7 Å². The number of anilines is 1. The number of carbonyl (C=O) groups excluding carboxylic acids is 1. The Labute approximate surface area is 147 Å². The van der Waals surface area contributed by atoms with E-state index in [0.717, 1.165) is 27.7 Å². The highest BCUT2D eigenvalue weighted by atomic mass is 32.1. The molecule has 2 aromatic heterocycles. The van der Waals surface area contributed by atoms with Gasteiger partial charge in [0.1, 0.15) is 4.88 Å². The molecule has 0 spiro atoms. The quantitative estimate of drug-likeness (QED) is 0.747. The fourth-order valence-corrected chi connectivity index (χ4v) is 3.53. The standard InChI is InChI=1S/C16H15N3O3S2/c1-9-15(24-19-18-9)16(20)17-14-7-11(8-23-14)10-4-5-12(21-2)13(6-10)22-3/h4-8H,1-3H3,(H,17,20). The molecule has 3 rings (SSSR count). The Bertz CT molecular complexity index is 873. The number of rotatable bonds is 5. The molecular weight excluding hydrogens is 346 g/mol. The number of benzene rings is 1. The first-order valence-corrected chi connectivity index (χ1v) is 8.69. The highest BCUT2D eigenvalue weighted by Gasteiger charge is 2.15. The molecule has 0 radical (unpaired) electrons. The molecule has 0 aliphatic carbocycles. The second kappa shape index (κ2) is 6.98. The topological polar surface area (TPSA) is 73.3 Å². The van der Waals surface area contributed by atoms with Crippen molar-refractivity contribution in [2.24, 2.45) is 0 Å². The SMILES string of the molecule is COc1ccc(-c2csc(NC(=O)c3snnc3C)c2)cc1OC. The Morgan fingerprint density at radius 2 is 1.92 bits per heavy atom. The molecule has 124 valence electrons. The van der Waals surface area contributed by atoms with Crippen LogP contribution in [0.1, 0.15) is 15.4 Å². The molecule has 8 heteroatoms. The van der Waals surface area contributed by atoms with Crippen molar-refractivity contribution in [2.45, 2.75) is 6.92 Å². The Balaban J connectivity index is 1.81. The van der Waals surface area contributed by atoms with Crippen LogP contribution in [-0.2, 0) is 0 Å². The predicted molar refractivity (Wildman–Crippen MR) is 95.5 cm³/mol. The number of thiophene rings is 1. The Hall–Kier alpha value is -2.45. The van der Waals surface area contributed by atoms with Crippen LogP contribution in [0.5, 0.6) is 11.5 Å². The molecule has 0 saturated heterocycles. The van der Waals surface area contributed by atoms with Crippen LogP contribution in [0.3, 0.4) is 0 Å². The number of nitrogens with zero attached hydrogens (tertiary/aromatic N) is 2. The minimum absolute atomic E-state index is 0.191. The lowest BCUT2D eigenvalue weighted by Crippen LogP contribution is -2.10. The van der Waals surface area contributed by atoms with Gasteiger partial charge in [0.05, 0.1) is 24.9 Å². The summed E-state index contributed by atoms with van der Waals surface area (Å²) in [5.41, 5.74) is 2.62. The van der Waals surface area contributed by atoms with Crippen LogP contribution in [0, 0.1) is 6.92 Å². The molecule has 6 nitrogen and oxygen atoms in total. The normalized spacial score (nSPS) is 10.5. The van der Waals surface area contributed by atoms with Crippen LogP contribution < -0.4 is 14.8 Å². The smallest absolute Gasteiger partial charge is 0.269 e. The van der Waals surface area contributed by atoms with Gasteiger partial charge in [-0.3, -0.25) is 4.79 Å². The lowest BCUT2D eigenvalue weighted by atomic mass is 10.1. The van der Waals surface area contributed by atoms with Crippen molar-refractivity contribution >= 4 is 33.8 Å². The highest BCUT2D eigenvalue weighted by Crippen LogP contribution is 2.35. The first kappa shape index (κ1) is 16.4. The van der Waals surface area contributed by atoms with Crippen LogP contribution in [0.2, 0.25) is 0 Å². The summed E-state index contributed by atoms with van der Waals surface area (Å²) in [5, 5.41) is 9.48. The van der Waals surface area contributed by atoms with E-state index in [1.165, 1.54) is 11.3 Å². The third-order valence-corrected chi connectivity index (χ3v) is 5.08. The van der Waals surface area contributed by atoms with Crippen molar-refractivity contribution in [1.29, 1.82) is 0 Å². The molecule has 0 aliphatic heterocycles. The predicted octanol–water partition coefficient (Wildman–Crippen LogP) is 3.84. The van der Waals surface area contributed by atoms with Crippen molar-refractivity contribution in [2.75, 3.05) is 19.5 Å². The van der Waals surface area contributed by atoms with E-state index in [1.807, 2.05) is 29.6 Å². The average molecular weight is 361 g/mol. The zero-order chi connectivity index (χ0) is 17.1. The van der Waals surface area contributed by atoms with Gasteiger partial charge < -0.3 is 14.8 Å². The summed E-state index contributed by atoms with van der Waals surface area (Å²) in [6, 6.07) is 7.64. The summed E-state index contributed by atoms with van der Waals surface area (Å²) in [6.07, 6.45) is 0. The molecule has 1 N–H and O–H groups in total. The van der Waals surface area contributed by atoms with Gasteiger partial charge in [-0.1, -0.05) is 10.6 Å². The maximum atomic E-state index is 12.2. The summed E-state index contributed by atoms with van der Waals surface area (Å²) in [7, 11) is 3.21. The van der Waals surface area contributed by atoms with Crippen molar-refractivity contribution in [3.05, 3.63) is 40.2 Å². The van der Waals surface area contributed by atoms with Gasteiger partial charge in [-0.05, 0) is 47.8 Å². The number of aromatic nitrogens is 2. The van der Waals surface area contributed by atoms with E-state index < -0.39 is 0 Å². The summed E-state index contributed by atoms with van der Waals surface area (Å²) >= 11 is 2.55. The van der Waals surface area contributed by atoms with Crippen molar-refractivity contribution in [3.8, 4) is 22.6 Å². The lowest BCUT2D eigenvalue weighted by Gasteiger charge is -2.08. The fraction of sp³-hybridized carbons (Fsp3) is 0.188. The average Bonchev–Trinajstić information content (AvgIpc) is 3.23. The molecule has 0 aliphatic rings. The number of amides is 1. The van der Waals surface area contributed by atoms with Crippen LogP contribution in [0.15, 0.2) is 29.6 Å². The second-order valence-corrected chi connectivity index (χ2v) is 6.58. The maximum absolute atomic E-state index is 12.2. The maximum Gasteiger partial charge on any atom is 0.269 e. The van der Waals surface area contributed by atoms with E-state index >= 15 is 0 Å². The summed E-state index contributed by atoms with van der Waals surface area (Å²) in [4.78, 5) is 12.7. The minimum Gasteiger partial charge on any atom is -0.493 e. The number of ether oxygens (including phenoxy) is 2. The third kappa shape index (κ3) is 3.24. The molecule has 0 saturated carbocycles. The van der Waals surface area contributed by atoms with Crippen molar-refractivity contribution < 1.29 is 14.3 Å². The minimum atomic E-state index is -0.191. The van der Waals surface area contributed by atoms with Crippen LogP contribution >= 0.6 is 22.9 Å². The van der Waals surface area contributed by atoms with Gasteiger partial charge in [0.25, 0.3) is 5.91 Å².